The van der Waals surface area contributed by atoms with Crippen LogP contribution in [0, 0.1) is 5.82 Å². The smallest absolute Gasteiger partial charge is 0.167 e. The van der Waals surface area contributed by atoms with E-state index < -0.39 is 5.82 Å². The summed E-state index contributed by atoms with van der Waals surface area (Å²) in [6, 6.07) is 5.72. The van der Waals surface area contributed by atoms with Gasteiger partial charge in [-0.2, -0.15) is 0 Å². The van der Waals surface area contributed by atoms with Gasteiger partial charge in [0.15, 0.2) is 5.78 Å². The summed E-state index contributed by atoms with van der Waals surface area (Å²) in [6.07, 6.45) is 3.21. The van der Waals surface area contributed by atoms with Crippen LogP contribution in [0.25, 0.3) is 0 Å². The summed E-state index contributed by atoms with van der Waals surface area (Å²) < 4.78 is 13.7. The van der Waals surface area contributed by atoms with Crippen molar-refractivity contribution in [1.29, 1.82) is 0 Å². The fourth-order valence-corrected chi connectivity index (χ4v) is 2.04. The fourth-order valence-electron chi connectivity index (χ4n) is 1.58. The lowest BCUT2D eigenvalue weighted by Gasteiger charge is -2.05. The number of aromatic nitrogens is 1. The van der Waals surface area contributed by atoms with Crippen molar-refractivity contribution in [2.45, 2.75) is 6.42 Å². The number of pyridine rings is 1. The maximum atomic E-state index is 13.2. The van der Waals surface area contributed by atoms with Crippen molar-refractivity contribution < 1.29 is 9.18 Å². The van der Waals surface area contributed by atoms with Gasteiger partial charge in [-0.25, -0.2) is 4.39 Å². The molecule has 0 atom stereocenters. The molecule has 0 aliphatic heterocycles. The molecule has 1 heterocycles. The molecule has 0 radical (unpaired) electrons. The molecule has 2 aromatic rings. The Morgan fingerprint density at radius 1 is 1.39 bits per heavy atom. The lowest BCUT2D eigenvalue weighted by molar-refractivity contribution is 0.0992. The zero-order chi connectivity index (χ0) is 13.1. The number of halogens is 2. The van der Waals surface area contributed by atoms with Crippen LogP contribution in [0.5, 0.6) is 0 Å². The average molecular weight is 309 g/mol. The van der Waals surface area contributed by atoms with Crippen molar-refractivity contribution in [2.24, 2.45) is 0 Å². The minimum absolute atomic E-state index is 0.107. The number of ketones is 1. The van der Waals surface area contributed by atoms with E-state index in [1.165, 1.54) is 12.1 Å². The van der Waals surface area contributed by atoms with Crippen LogP contribution in [0.2, 0.25) is 0 Å². The molecule has 3 nitrogen and oxygen atoms in total. The van der Waals surface area contributed by atoms with Gasteiger partial charge in [-0.3, -0.25) is 9.78 Å². The van der Waals surface area contributed by atoms with Gasteiger partial charge in [0.1, 0.15) is 5.82 Å². The van der Waals surface area contributed by atoms with Crippen molar-refractivity contribution in [3.8, 4) is 0 Å². The van der Waals surface area contributed by atoms with E-state index in [4.69, 9.17) is 5.73 Å². The standard InChI is InChI=1S/C13H10BrFN2O/c14-10-3-8(4-11(15)6-10)13(18)5-9-7-17-2-1-12(9)16/h1-4,6-7H,5H2,(H2,16,17). The molecule has 0 saturated heterocycles. The molecule has 0 aliphatic rings. The molecule has 92 valence electrons. The summed E-state index contributed by atoms with van der Waals surface area (Å²) in [5.74, 6) is -0.651. The first-order chi connectivity index (χ1) is 8.56. The van der Waals surface area contributed by atoms with E-state index in [1.54, 1.807) is 24.5 Å². The lowest BCUT2D eigenvalue weighted by atomic mass is 10.0. The Kier molecular flexibility index (Phi) is 3.72. The summed E-state index contributed by atoms with van der Waals surface area (Å²) in [5, 5.41) is 0. The fraction of sp³-hybridized carbons (Fsp3) is 0.0769. The van der Waals surface area contributed by atoms with Crippen LogP contribution in [0.15, 0.2) is 41.1 Å². The molecule has 2 rings (SSSR count). The number of rotatable bonds is 3. The van der Waals surface area contributed by atoms with Gasteiger partial charge in [0.05, 0.1) is 0 Å². The molecule has 0 fully saturated rings. The third-order valence-electron chi connectivity index (χ3n) is 2.48. The SMILES string of the molecule is Nc1ccncc1CC(=O)c1cc(F)cc(Br)c1. The lowest BCUT2D eigenvalue weighted by Crippen LogP contribution is -2.06. The number of nitrogen functional groups attached to an aromatic ring is 1. The van der Waals surface area contributed by atoms with Crippen LogP contribution in [0.1, 0.15) is 15.9 Å². The van der Waals surface area contributed by atoms with Gasteiger partial charge in [0.25, 0.3) is 0 Å². The summed E-state index contributed by atoms with van der Waals surface area (Å²) in [5.41, 5.74) is 7.19. The third-order valence-corrected chi connectivity index (χ3v) is 2.93. The highest BCUT2D eigenvalue weighted by Gasteiger charge is 2.11. The van der Waals surface area contributed by atoms with E-state index in [-0.39, 0.29) is 12.2 Å². The van der Waals surface area contributed by atoms with E-state index >= 15 is 0 Å². The number of hydrogen-bond donors (Lipinski definition) is 1. The minimum Gasteiger partial charge on any atom is -0.398 e. The molecule has 2 N–H and O–H groups in total. The summed E-state index contributed by atoms with van der Waals surface area (Å²) in [4.78, 5) is 15.9. The number of nitrogens with two attached hydrogens (primary N) is 1. The number of Topliss-reactive ketones (excluding diaryl/α,β-unsaturated/α-hetero) is 1. The Labute approximate surface area is 112 Å². The Morgan fingerprint density at radius 3 is 2.83 bits per heavy atom. The number of benzene rings is 1. The van der Waals surface area contributed by atoms with Crippen LogP contribution < -0.4 is 5.73 Å². The second kappa shape index (κ2) is 5.27. The molecule has 0 bridgehead atoms. The van der Waals surface area contributed by atoms with Gasteiger partial charge >= 0.3 is 0 Å². The highest BCUT2D eigenvalue weighted by molar-refractivity contribution is 9.10. The maximum Gasteiger partial charge on any atom is 0.167 e. The summed E-state index contributed by atoms with van der Waals surface area (Å²) >= 11 is 3.15. The van der Waals surface area contributed by atoms with E-state index in [0.717, 1.165) is 0 Å². The van der Waals surface area contributed by atoms with Gasteiger partial charge in [-0.15, -0.1) is 0 Å². The topological polar surface area (TPSA) is 56.0 Å². The van der Waals surface area contributed by atoms with Crippen LogP contribution in [0.3, 0.4) is 0 Å². The van der Waals surface area contributed by atoms with Gasteiger partial charge in [-0.05, 0) is 24.3 Å². The highest BCUT2D eigenvalue weighted by Crippen LogP contribution is 2.18. The number of hydrogen-bond acceptors (Lipinski definition) is 3. The number of anilines is 1. The maximum absolute atomic E-state index is 13.2. The second-order valence-electron chi connectivity index (χ2n) is 3.83. The van der Waals surface area contributed by atoms with Gasteiger partial charge in [0, 0.05) is 40.1 Å². The minimum atomic E-state index is -0.452. The van der Waals surface area contributed by atoms with Gasteiger partial charge < -0.3 is 5.73 Å². The molecule has 18 heavy (non-hydrogen) atoms. The Bertz CT molecular complexity index is 581. The zero-order valence-electron chi connectivity index (χ0n) is 9.36. The second-order valence-corrected chi connectivity index (χ2v) is 4.75. The molecule has 0 aliphatic carbocycles. The largest absolute Gasteiger partial charge is 0.398 e. The number of carbonyl (C=O) groups is 1. The summed E-state index contributed by atoms with van der Waals surface area (Å²) in [7, 11) is 0. The predicted octanol–water partition coefficient (Wildman–Crippen LogP) is 2.99. The average Bonchev–Trinajstić information content (AvgIpc) is 2.31. The van der Waals surface area contributed by atoms with Crippen molar-refractivity contribution in [2.75, 3.05) is 5.73 Å². The van der Waals surface area contributed by atoms with E-state index in [1.807, 2.05) is 0 Å². The molecule has 0 spiro atoms. The quantitative estimate of drug-likeness (QED) is 0.887. The zero-order valence-corrected chi connectivity index (χ0v) is 10.9. The first-order valence-electron chi connectivity index (χ1n) is 5.24. The predicted molar refractivity (Wildman–Crippen MR) is 70.8 cm³/mol. The summed E-state index contributed by atoms with van der Waals surface area (Å²) in [6.45, 7) is 0. The molecular weight excluding hydrogens is 299 g/mol. The molecule has 0 amide bonds. The Balaban J connectivity index is 2.25. The first kappa shape index (κ1) is 12.7. The molecule has 0 unspecified atom stereocenters. The Hall–Kier alpha value is -1.75. The normalized spacial score (nSPS) is 10.3. The van der Waals surface area contributed by atoms with Gasteiger partial charge in [-0.1, -0.05) is 15.9 Å². The van der Waals surface area contributed by atoms with Crippen LogP contribution >= 0.6 is 15.9 Å². The van der Waals surface area contributed by atoms with Gasteiger partial charge in [0.2, 0.25) is 0 Å². The van der Waals surface area contributed by atoms with Crippen LogP contribution in [-0.4, -0.2) is 10.8 Å². The van der Waals surface area contributed by atoms with Crippen molar-refractivity contribution in [1.82, 2.24) is 4.98 Å². The molecule has 1 aromatic carbocycles. The van der Waals surface area contributed by atoms with Crippen LogP contribution in [0.4, 0.5) is 10.1 Å². The van der Waals surface area contributed by atoms with E-state index in [9.17, 15) is 9.18 Å². The van der Waals surface area contributed by atoms with Crippen molar-refractivity contribution in [3.63, 3.8) is 0 Å². The first-order valence-corrected chi connectivity index (χ1v) is 6.03. The van der Waals surface area contributed by atoms with Crippen molar-refractivity contribution >= 4 is 27.4 Å². The highest BCUT2D eigenvalue weighted by atomic mass is 79.9. The third kappa shape index (κ3) is 2.92. The Morgan fingerprint density at radius 2 is 2.17 bits per heavy atom. The molecule has 1 aromatic heterocycles. The monoisotopic (exact) mass is 308 g/mol. The number of nitrogens with zero attached hydrogens (tertiary/aromatic N) is 1. The molecule has 0 saturated carbocycles. The van der Waals surface area contributed by atoms with E-state index in [2.05, 4.69) is 20.9 Å². The molecule has 5 heteroatoms. The van der Waals surface area contributed by atoms with E-state index in [0.29, 0.717) is 21.3 Å². The molecular formula is C13H10BrFN2O. The van der Waals surface area contributed by atoms with Crippen LogP contribution in [-0.2, 0) is 6.42 Å². The number of carbonyl (C=O) groups excluding carboxylic acids is 1. The van der Waals surface area contributed by atoms with Crippen molar-refractivity contribution in [3.05, 3.63) is 58.1 Å².